The lowest BCUT2D eigenvalue weighted by molar-refractivity contribution is 1.13. The molecule has 434 valence electrons. The molecule has 7 heterocycles. The molecule has 0 aliphatic heterocycles. The Balaban J connectivity index is 0.939. The first-order chi connectivity index (χ1) is 45.3. The van der Waals surface area contributed by atoms with E-state index in [4.69, 9.17) is 19.9 Å². The predicted octanol–water partition coefficient (Wildman–Crippen LogP) is 21.2. The van der Waals surface area contributed by atoms with Crippen LogP contribution in [-0.4, -0.2) is 38.2 Å². The van der Waals surface area contributed by atoms with E-state index in [1.54, 1.807) is 0 Å². The first kappa shape index (κ1) is 53.1. The van der Waals surface area contributed by atoms with Crippen LogP contribution < -0.4 is 0 Å². The zero-order valence-corrected chi connectivity index (χ0v) is 51.1. The minimum atomic E-state index is 0.604. The van der Waals surface area contributed by atoms with Gasteiger partial charge in [0.05, 0.1) is 78.3 Å². The fourth-order valence-corrected chi connectivity index (χ4v) is 14.6. The summed E-state index contributed by atoms with van der Waals surface area (Å²) in [5.41, 5.74) is 26.1. The van der Waals surface area contributed by atoms with Crippen molar-refractivity contribution in [2.45, 2.75) is 27.7 Å². The van der Waals surface area contributed by atoms with E-state index < -0.39 is 0 Å². The zero-order valence-electron chi connectivity index (χ0n) is 51.1. The summed E-state index contributed by atoms with van der Waals surface area (Å²) in [4.78, 5) is 21.3. The van der Waals surface area contributed by atoms with Gasteiger partial charge in [0.15, 0.2) is 5.82 Å². The number of aryl methyl sites for hydroxylation is 4. The molecule has 0 radical (unpaired) electrons. The molecule has 0 aliphatic rings. The molecule has 92 heavy (non-hydrogen) atoms. The van der Waals surface area contributed by atoms with E-state index in [0.717, 1.165) is 117 Å². The van der Waals surface area contributed by atoms with E-state index in [-0.39, 0.29) is 0 Å². The molecule has 7 aromatic heterocycles. The number of pyridine rings is 2. The van der Waals surface area contributed by atoms with Crippen molar-refractivity contribution in [1.82, 2.24) is 38.2 Å². The molecule has 11 aromatic carbocycles. The molecule has 0 atom stereocenters. The third-order valence-corrected chi connectivity index (χ3v) is 18.8. The second-order valence-electron chi connectivity index (χ2n) is 24.6. The first-order valence-electron chi connectivity index (χ1n) is 31.4. The van der Waals surface area contributed by atoms with Crippen LogP contribution in [0.15, 0.2) is 280 Å². The maximum Gasteiger partial charge on any atom is 0.160 e. The van der Waals surface area contributed by atoms with Crippen LogP contribution >= 0.6 is 0 Å². The van der Waals surface area contributed by atoms with Crippen molar-refractivity contribution in [3.05, 3.63) is 302 Å². The van der Waals surface area contributed by atoms with E-state index in [2.05, 4.69) is 301 Å². The molecule has 0 unspecified atom stereocenters. The molecule has 18 aromatic rings. The maximum atomic E-state index is 5.77. The molecule has 0 saturated heterocycles. The highest BCUT2D eigenvalue weighted by Crippen LogP contribution is 2.45. The van der Waals surface area contributed by atoms with Crippen LogP contribution in [0.3, 0.4) is 0 Å². The van der Waals surface area contributed by atoms with Crippen LogP contribution in [0.1, 0.15) is 22.3 Å². The van der Waals surface area contributed by atoms with E-state index in [1.165, 1.54) is 65.3 Å². The molecule has 0 spiro atoms. The van der Waals surface area contributed by atoms with Gasteiger partial charge in [0.1, 0.15) is 0 Å². The molecule has 0 fully saturated rings. The summed E-state index contributed by atoms with van der Waals surface area (Å²) in [7, 11) is 0. The summed E-state index contributed by atoms with van der Waals surface area (Å²) >= 11 is 0. The van der Waals surface area contributed by atoms with Crippen LogP contribution in [0.25, 0.3) is 166 Å². The van der Waals surface area contributed by atoms with Crippen LogP contribution in [-0.2, 0) is 0 Å². The summed E-state index contributed by atoms with van der Waals surface area (Å²) in [6.45, 7) is 8.68. The topological polar surface area (TPSA) is 71.3 Å². The number of nitrogens with zero attached hydrogens (tertiary/aromatic N) is 8. The van der Waals surface area contributed by atoms with Crippen molar-refractivity contribution in [2.24, 2.45) is 0 Å². The average molecular weight is 1180 g/mol. The number of hydrogen-bond acceptors (Lipinski definition) is 4. The highest BCUT2D eigenvalue weighted by molar-refractivity contribution is 6.14. The van der Waals surface area contributed by atoms with Crippen molar-refractivity contribution in [1.29, 1.82) is 0 Å². The quantitative estimate of drug-likeness (QED) is 0.144. The van der Waals surface area contributed by atoms with Gasteiger partial charge in [0.2, 0.25) is 0 Å². The molecule has 0 aliphatic carbocycles. The van der Waals surface area contributed by atoms with Crippen LogP contribution in [0.5, 0.6) is 0 Å². The SMILES string of the molecule is Cc1ccc2c(c1)c1ccccc1n2-c1ccncc1-c1ccc(-n2c3ccccc3c3cc(C)ccc32)c(-c2cc(-c3cc(-c4cnccc4-n4c5ccccc5c5cc(C)ccc54)ccc3-n3c4ccccc4c4cc(C)ccc43)nc(-c3ccccc3)n2)c1. The Labute approximate surface area is 530 Å². The van der Waals surface area contributed by atoms with E-state index in [9.17, 15) is 0 Å². The molecule has 0 saturated carbocycles. The molecular weight excluding hydrogens is 1120 g/mol. The molecule has 8 heteroatoms. The van der Waals surface area contributed by atoms with Crippen LogP contribution in [0.2, 0.25) is 0 Å². The van der Waals surface area contributed by atoms with Crippen molar-refractivity contribution in [3.8, 4) is 78.9 Å². The highest BCUT2D eigenvalue weighted by atomic mass is 15.0. The molecule has 18 rings (SSSR count). The standard InChI is InChI=1S/C84H58N8/c1-51-26-32-76-62(42-51)58-18-8-12-22-72(58)89(76)80-36-30-56(68-49-85-40-38-82(68)91-74-24-14-10-20-60(74)64-44-53(3)28-34-78(64)91)46-66(80)70-48-71(88-84(87-70)55-16-6-5-7-17-55)67-47-57(31-37-81(67)90-73-23-13-9-19-59(73)63-43-52(2)27-33-77(63)90)69-50-86-41-39-83(69)92-75-25-15-11-21-61(75)65-45-54(4)29-35-79(65)92/h5-50H,1-4H3. The summed E-state index contributed by atoms with van der Waals surface area (Å²) < 4.78 is 9.67. The van der Waals surface area contributed by atoms with Gasteiger partial charge >= 0.3 is 0 Å². The van der Waals surface area contributed by atoms with Gasteiger partial charge in [-0.1, -0.05) is 162 Å². The van der Waals surface area contributed by atoms with Crippen molar-refractivity contribution in [2.75, 3.05) is 0 Å². The second-order valence-corrected chi connectivity index (χ2v) is 24.6. The van der Waals surface area contributed by atoms with Gasteiger partial charge in [0.25, 0.3) is 0 Å². The van der Waals surface area contributed by atoms with Gasteiger partial charge in [-0.3, -0.25) is 9.97 Å². The number of benzene rings is 11. The van der Waals surface area contributed by atoms with Gasteiger partial charge in [-0.05, 0) is 154 Å². The van der Waals surface area contributed by atoms with E-state index >= 15 is 0 Å². The lowest BCUT2D eigenvalue weighted by Gasteiger charge is -2.20. The van der Waals surface area contributed by atoms with Crippen molar-refractivity contribution >= 4 is 87.2 Å². The number of fused-ring (bicyclic) bond motifs is 12. The second kappa shape index (κ2) is 20.8. The lowest BCUT2D eigenvalue weighted by atomic mass is 9.96. The molecule has 0 N–H and O–H groups in total. The smallest absolute Gasteiger partial charge is 0.160 e. The third-order valence-electron chi connectivity index (χ3n) is 18.8. The molecule has 0 amide bonds. The Bertz CT molecular complexity index is 5730. The minimum Gasteiger partial charge on any atom is -0.309 e. The van der Waals surface area contributed by atoms with Crippen molar-refractivity contribution in [3.63, 3.8) is 0 Å². The average Bonchev–Trinajstić information content (AvgIpc) is 1.58. The Morgan fingerprint density at radius 2 is 0.554 bits per heavy atom. The minimum absolute atomic E-state index is 0.604. The normalized spacial score (nSPS) is 11.9. The predicted molar refractivity (Wildman–Crippen MR) is 381 cm³/mol. The Kier molecular flexibility index (Phi) is 12.0. The largest absolute Gasteiger partial charge is 0.309 e. The monoisotopic (exact) mass is 1180 g/mol. The van der Waals surface area contributed by atoms with E-state index in [0.29, 0.717) is 5.82 Å². The fraction of sp³-hybridized carbons (Fsp3) is 0.0476. The molecule has 0 bridgehead atoms. The van der Waals surface area contributed by atoms with Crippen LogP contribution in [0.4, 0.5) is 0 Å². The lowest BCUT2D eigenvalue weighted by Crippen LogP contribution is -2.04. The van der Waals surface area contributed by atoms with Gasteiger partial charge in [0, 0.05) is 95.7 Å². The van der Waals surface area contributed by atoms with Gasteiger partial charge in [-0.25, -0.2) is 9.97 Å². The van der Waals surface area contributed by atoms with Crippen LogP contribution in [0, 0.1) is 27.7 Å². The van der Waals surface area contributed by atoms with Gasteiger partial charge < -0.3 is 18.3 Å². The van der Waals surface area contributed by atoms with Gasteiger partial charge in [-0.2, -0.15) is 0 Å². The maximum absolute atomic E-state index is 5.77. The first-order valence-corrected chi connectivity index (χ1v) is 31.4. The number of hydrogen-bond donors (Lipinski definition) is 0. The summed E-state index contributed by atoms with van der Waals surface area (Å²) in [6, 6.07) is 92.9. The summed E-state index contributed by atoms with van der Waals surface area (Å²) in [6.07, 6.45) is 7.86. The number of para-hydroxylation sites is 4. The highest BCUT2D eigenvalue weighted by Gasteiger charge is 2.26. The van der Waals surface area contributed by atoms with E-state index in [1.807, 2.05) is 24.8 Å². The number of aromatic nitrogens is 8. The summed E-state index contributed by atoms with van der Waals surface area (Å²) in [5.74, 6) is 0.604. The number of rotatable bonds is 9. The fourth-order valence-electron chi connectivity index (χ4n) is 14.6. The molecule has 8 nitrogen and oxygen atoms in total. The zero-order chi connectivity index (χ0) is 61.3. The Morgan fingerprint density at radius 3 is 0.913 bits per heavy atom. The van der Waals surface area contributed by atoms with Gasteiger partial charge in [-0.15, -0.1) is 0 Å². The Hall–Kier alpha value is -12.0. The Morgan fingerprint density at radius 1 is 0.239 bits per heavy atom. The third kappa shape index (κ3) is 8.30. The van der Waals surface area contributed by atoms with Crippen molar-refractivity contribution < 1.29 is 0 Å². The molecular formula is C84H58N8. The summed E-state index contributed by atoms with van der Waals surface area (Å²) in [5, 5.41) is 9.57.